The molecule has 0 fully saturated rings. The summed E-state index contributed by atoms with van der Waals surface area (Å²) in [7, 11) is -1.32. The molecule has 0 aliphatic carbocycles. The summed E-state index contributed by atoms with van der Waals surface area (Å²) in [5, 5.41) is 10.5. The van der Waals surface area contributed by atoms with Gasteiger partial charge in [0.1, 0.15) is 8.07 Å². The number of benzene rings is 1. The molecule has 1 aromatic rings. The minimum absolute atomic E-state index is 0.168. The first kappa shape index (κ1) is 17.4. The highest BCUT2D eigenvalue weighted by Gasteiger charge is 2.19. The minimum Gasteiger partial charge on any atom is -0.392 e. The Balaban J connectivity index is 2.72. The molecule has 1 N–H and O–H groups in total. The second-order valence-corrected chi connectivity index (χ2v) is 12.1. The van der Waals surface area contributed by atoms with Crippen LogP contribution in [0.3, 0.4) is 0 Å². The molecule has 0 saturated carbocycles. The fraction of sp³-hybridized carbons (Fsp3) is 0.529. The fourth-order valence-electron chi connectivity index (χ4n) is 1.83. The zero-order valence-electron chi connectivity index (χ0n) is 13.0. The molecule has 0 bridgehead atoms. The van der Waals surface area contributed by atoms with E-state index in [0.29, 0.717) is 0 Å². The van der Waals surface area contributed by atoms with E-state index in [0.717, 1.165) is 19.3 Å². The lowest BCUT2D eigenvalue weighted by Crippen LogP contribution is -2.23. The van der Waals surface area contributed by atoms with Crippen LogP contribution in [0.4, 0.5) is 0 Å². The lowest BCUT2D eigenvalue weighted by Gasteiger charge is -2.20. The zero-order valence-corrected chi connectivity index (χ0v) is 14.8. The number of aliphatic hydroxyl groups excluding tert-OH is 1. The van der Waals surface area contributed by atoms with Crippen molar-refractivity contribution in [3.8, 4) is 11.5 Å². The zero-order chi connectivity index (χ0) is 15.0. The third-order valence-corrected chi connectivity index (χ3v) is 5.07. The van der Waals surface area contributed by atoms with E-state index >= 15 is 0 Å². The molecule has 0 aliphatic heterocycles. The third kappa shape index (κ3) is 7.19. The number of thioether (sulfide) groups is 1. The van der Waals surface area contributed by atoms with Crippen molar-refractivity contribution in [2.24, 2.45) is 0 Å². The summed E-state index contributed by atoms with van der Waals surface area (Å²) in [6.45, 7) is 8.87. The van der Waals surface area contributed by atoms with E-state index in [9.17, 15) is 5.11 Å². The van der Waals surface area contributed by atoms with Crippen molar-refractivity contribution in [1.29, 1.82) is 0 Å². The second kappa shape index (κ2) is 8.56. The molecule has 0 radical (unpaired) electrons. The molecular weight excluding hydrogens is 280 g/mol. The molecule has 1 nitrogen and oxygen atoms in total. The van der Waals surface area contributed by atoms with E-state index in [-0.39, 0.29) is 11.4 Å². The van der Waals surface area contributed by atoms with Gasteiger partial charge in [-0.1, -0.05) is 51.2 Å². The number of rotatable bonds is 6. The van der Waals surface area contributed by atoms with Crippen LogP contribution in [-0.2, 0) is 0 Å². The first-order valence-electron chi connectivity index (χ1n) is 7.32. The molecular formula is C17H26OSSi. The Morgan fingerprint density at radius 1 is 1.20 bits per heavy atom. The highest BCUT2D eigenvalue weighted by Crippen LogP contribution is 2.28. The van der Waals surface area contributed by atoms with E-state index in [1.165, 1.54) is 4.90 Å². The summed E-state index contributed by atoms with van der Waals surface area (Å²) in [6, 6.07) is 10.3. The SMILES string of the molecule is CCC[C@@H](O)[C@@H](CC#C[Si](C)(C)C)Sc1ccccc1. The Hall–Kier alpha value is -0.693. The van der Waals surface area contributed by atoms with E-state index in [1.54, 1.807) is 11.8 Å². The van der Waals surface area contributed by atoms with E-state index < -0.39 is 8.07 Å². The van der Waals surface area contributed by atoms with Gasteiger partial charge in [0.15, 0.2) is 0 Å². The van der Waals surface area contributed by atoms with E-state index in [1.807, 2.05) is 18.2 Å². The predicted octanol–water partition coefficient (Wildman–Crippen LogP) is 4.58. The first-order valence-corrected chi connectivity index (χ1v) is 11.7. The summed E-state index contributed by atoms with van der Waals surface area (Å²) in [5.74, 6) is 3.32. The van der Waals surface area contributed by atoms with Crippen LogP contribution in [0, 0.1) is 11.5 Å². The van der Waals surface area contributed by atoms with Gasteiger partial charge in [-0.15, -0.1) is 23.2 Å². The Morgan fingerprint density at radius 3 is 2.40 bits per heavy atom. The maximum absolute atomic E-state index is 10.3. The third-order valence-electron chi connectivity index (χ3n) is 2.81. The Morgan fingerprint density at radius 2 is 1.85 bits per heavy atom. The van der Waals surface area contributed by atoms with Crippen LogP contribution in [0.5, 0.6) is 0 Å². The summed E-state index contributed by atoms with van der Waals surface area (Å²) in [6.07, 6.45) is 2.35. The van der Waals surface area contributed by atoms with Crippen LogP contribution in [0.25, 0.3) is 0 Å². The van der Waals surface area contributed by atoms with Crippen molar-refractivity contribution in [3.05, 3.63) is 30.3 Å². The molecule has 0 spiro atoms. The van der Waals surface area contributed by atoms with Gasteiger partial charge in [0, 0.05) is 16.6 Å². The van der Waals surface area contributed by atoms with Crippen LogP contribution in [0.1, 0.15) is 26.2 Å². The molecule has 0 aromatic heterocycles. The molecule has 3 heteroatoms. The lowest BCUT2D eigenvalue weighted by molar-refractivity contribution is 0.161. The van der Waals surface area contributed by atoms with Crippen LogP contribution in [0.2, 0.25) is 19.6 Å². The second-order valence-electron chi connectivity index (χ2n) is 6.08. The Bertz CT molecular complexity index is 442. The molecule has 1 aromatic carbocycles. The van der Waals surface area contributed by atoms with Crippen molar-refractivity contribution < 1.29 is 5.11 Å². The molecule has 0 unspecified atom stereocenters. The van der Waals surface area contributed by atoms with Crippen LogP contribution in [0.15, 0.2) is 35.2 Å². The Labute approximate surface area is 129 Å². The largest absolute Gasteiger partial charge is 0.392 e. The average molecular weight is 307 g/mol. The molecule has 20 heavy (non-hydrogen) atoms. The van der Waals surface area contributed by atoms with E-state index in [2.05, 4.69) is 50.2 Å². The van der Waals surface area contributed by atoms with Crippen molar-refractivity contribution in [2.75, 3.05) is 0 Å². The quantitative estimate of drug-likeness (QED) is 0.471. The summed E-state index contributed by atoms with van der Waals surface area (Å²) >= 11 is 1.75. The van der Waals surface area contributed by atoms with Gasteiger partial charge in [-0.3, -0.25) is 0 Å². The maximum atomic E-state index is 10.3. The van der Waals surface area contributed by atoms with Crippen molar-refractivity contribution >= 4 is 19.8 Å². The highest BCUT2D eigenvalue weighted by molar-refractivity contribution is 8.00. The summed E-state index contributed by atoms with van der Waals surface area (Å²) in [4.78, 5) is 1.21. The van der Waals surface area contributed by atoms with Crippen molar-refractivity contribution in [3.63, 3.8) is 0 Å². The number of aliphatic hydroxyl groups is 1. The van der Waals surface area contributed by atoms with Gasteiger partial charge in [-0.05, 0) is 18.6 Å². The predicted molar refractivity (Wildman–Crippen MR) is 92.7 cm³/mol. The van der Waals surface area contributed by atoms with Gasteiger partial charge in [0.05, 0.1) is 6.10 Å². The topological polar surface area (TPSA) is 20.2 Å². The van der Waals surface area contributed by atoms with Gasteiger partial charge < -0.3 is 5.11 Å². The van der Waals surface area contributed by atoms with Crippen molar-refractivity contribution in [1.82, 2.24) is 0 Å². The first-order chi connectivity index (χ1) is 9.42. The van der Waals surface area contributed by atoms with Gasteiger partial charge in [-0.2, -0.15) is 0 Å². The van der Waals surface area contributed by atoms with Crippen molar-refractivity contribution in [2.45, 2.75) is 62.1 Å². The lowest BCUT2D eigenvalue weighted by atomic mass is 10.1. The van der Waals surface area contributed by atoms with Crippen LogP contribution >= 0.6 is 11.8 Å². The minimum atomic E-state index is -1.32. The van der Waals surface area contributed by atoms with Gasteiger partial charge in [0.2, 0.25) is 0 Å². The monoisotopic (exact) mass is 306 g/mol. The molecule has 0 aliphatic rings. The molecule has 0 heterocycles. The normalized spacial score (nSPS) is 14.2. The molecule has 0 saturated heterocycles. The summed E-state index contributed by atoms with van der Waals surface area (Å²) < 4.78 is 0. The number of hydrogen-bond donors (Lipinski definition) is 1. The van der Waals surface area contributed by atoms with Gasteiger partial charge in [-0.25, -0.2) is 0 Å². The standard InChI is InChI=1S/C17H26OSSi/c1-5-10-16(18)17(13-9-14-20(2,3)4)19-15-11-7-6-8-12-15/h6-8,11-12,16-18H,5,10,13H2,1-4H3/t16-,17-/m1/s1. The highest BCUT2D eigenvalue weighted by atomic mass is 32.2. The van der Waals surface area contributed by atoms with Gasteiger partial charge in [0.25, 0.3) is 0 Å². The average Bonchev–Trinajstić information content (AvgIpc) is 2.37. The fourth-order valence-corrected chi connectivity index (χ4v) is 3.58. The molecule has 2 atom stereocenters. The summed E-state index contributed by atoms with van der Waals surface area (Å²) in [5.41, 5.74) is 3.40. The Kier molecular flexibility index (Phi) is 7.43. The molecule has 1 rings (SSSR count). The molecule has 0 amide bonds. The van der Waals surface area contributed by atoms with Gasteiger partial charge >= 0.3 is 0 Å². The van der Waals surface area contributed by atoms with Crippen LogP contribution in [-0.4, -0.2) is 24.5 Å². The molecule has 110 valence electrons. The van der Waals surface area contributed by atoms with Crippen LogP contribution < -0.4 is 0 Å². The smallest absolute Gasteiger partial charge is 0.129 e. The van der Waals surface area contributed by atoms with E-state index in [4.69, 9.17) is 0 Å². The maximum Gasteiger partial charge on any atom is 0.129 e. The number of hydrogen-bond acceptors (Lipinski definition) is 2.